The molecule has 0 aromatic heterocycles. The van der Waals surface area contributed by atoms with Crippen LogP contribution in [-0.4, -0.2) is 24.6 Å². The van der Waals surface area contributed by atoms with Gasteiger partial charge in [0.15, 0.2) is 8.24 Å². The molecule has 0 spiro atoms. The second-order valence-electron chi connectivity index (χ2n) is 7.81. The van der Waals surface area contributed by atoms with E-state index in [0.717, 1.165) is 12.8 Å². The van der Waals surface area contributed by atoms with Crippen LogP contribution in [0.15, 0.2) is 30.3 Å². The number of hydrogen-bond acceptors (Lipinski definition) is 1. The van der Waals surface area contributed by atoms with E-state index >= 15 is 0 Å². The number of rotatable bonds is 5. The van der Waals surface area contributed by atoms with Crippen molar-refractivity contribution in [1.82, 2.24) is 4.57 Å². The average molecular weight is 338 g/mol. The van der Waals surface area contributed by atoms with Crippen molar-refractivity contribution in [2.45, 2.75) is 57.8 Å². The molecule has 1 aromatic rings. The molecular formula is C18H28ClNOSi. The predicted molar refractivity (Wildman–Crippen MR) is 96.7 cm³/mol. The van der Waals surface area contributed by atoms with E-state index in [-0.39, 0.29) is 17.0 Å². The van der Waals surface area contributed by atoms with E-state index in [1.807, 2.05) is 6.07 Å². The van der Waals surface area contributed by atoms with Gasteiger partial charge in [0.1, 0.15) is 0 Å². The summed E-state index contributed by atoms with van der Waals surface area (Å²) in [6, 6.07) is 10.7. The van der Waals surface area contributed by atoms with Crippen molar-refractivity contribution in [1.29, 1.82) is 0 Å². The Labute approximate surface area is 140 Å². The Morgan fingerprint density at radius 1 is 1.18 bits per heavy atom. The van der Waals surface area contributed by atoms with Crippen molar-refractivity contribution in [3.05, 3.63) is 35.9 Å². The van der Waals surface area contributed by atoms with Crippen LogP contribution >= 0.6 is 11.6 Å². The molecule has 0 radical (unpaired) electrons. The van der Waals surface area contributed by atoms with Crippen LogP contribution in [0.2, 0.25) is 18.1 Å². The Bertz CT molecular complexity index is 524. The number of carbonyl (C=O) groups is 1. The van der Waals surface area contributed by atoms with Crippen LogP contribution in [-0.2, 0) is 4.79 Å². The highest BCUT2D eigenvalue weighted by Crippen LogP contribution is 2.51. The lowest BCUT2D eigenvalue weighted by Crippen LogP contribution is -2.68. The molecule has 0 saturated carbocycles. The number of hydrogen-bond donors (Lipinski definition) is 0. The third-order valence-corrected chi connectivity index (χ3v) is 11.1. The minimum absolute atomic E-state index is 0.107. The van der Waals surface area contributed by atoms with E-state index in [0.29, 0.717) is 11.8 Å². The number of alkyl halides is 1. The normalized spacial score (nSPS) is 22.6. The maximum absolute atomic E-state index is 12.9. The summed E-state index contributed by atoms with van der Waals surface area (Å²) in [5, 5.41) is 0.160. The molecule has 2 atom stereocenters. The first kappa shape index (κ1) is 17.5. The molecule has 0 bridgehead atoms. The van der Waals surface area contributed by atoms with Gasteiger partial charge in [-0.25, -0.2) is 0 Å². The number of carbonyl (C=O) groups excluding carboxylic acids is 1. The Morgan fingerprint density at radius 3 is 2.27 bits per heavy atom. The van der Waals surface area contributed by atoms with Crippen LogP contribution in [0.25, 0.3) is 0 Å². The lowest BCUT2D eigenvalue weighted by atomic mass is 9.82. The largest absolute Gasteiger partial charge is 0.361 e. The van der Waals surface area contributed by atoms with E-state index in [9.17, 15) is 4.79 Å². The maximum Gasteiger partial charge on any atom is 0.220 e. The summed E-state index contributed by atoms with van der Waals surface area (Å²) in [7, 11) is -1.86. The first-order valence-electron chi connectivity index (χ1n) is 8.16. The van der Waals surface area contributed by atoms with Gasteiger partial charge in [-0.05, 0) is 23.4 Å². The van der Waals surface area contributed by atoms with Crippen LogP contribution in [0.5, 0.6) is 0 Å². The molecule has 1 fully saturated rings. The molecule has 122 valence electrons. The maximum atomic E-state index is 12.9. The average Bonchev–Trinajstić information content (AvgIpc) is 2.44. The Hall–Kier alpha value is -0.803. The highest BCUT2D eigenvalue weighted by molar-refractivity contribution is 6.80. The van der Waals surface area contributed by atoms with Gasteiger partial charge in [-0.2, -0.15) is 0 Å². The quantitative estimate of drug-likeness (QED) is 0.410. The van der Waals surface area contributed by atoms with E-state index in [1.54, 1.807) is 0 Å². The van der Waals surface area contributed by atoms with Gasteiger partial charge in [-0.15, -0.1) is 11.6 Å². The molecule has 1 aromatic carbocycles. The van der Waals surface area contributed by atoms with Gasteiger partial charge in [0.2, 0.25) is 5.91 Å². The monoisotopic (exact) mass is 337 g/mol. The third-order valence-electron chi connectivity index (χ3n) is 5.44. The molecule has 0 unspecified atom stereocenters. The molecule has 1 saturated heterocycles. The first-order valence-corrected chi connectivity index (χ1v) is 11.6. The van der Waals surface area contributed by atoms with Gasteiger partial charge < -0.3 is 4.57 Å². The summed E-state index contributed by atoms with van der Waals surface area (Å²) in [6.45, 7) is 11.4. The van der Waals surface area contributed by atoms with Crippen LogP contribution in [0.3, 0.4) is 0 Å². The van der Waals surface area contributed by atoms with Gasteiger partial charge in [0, 0.05) is 5.88 Å². The molecular weight excluding hydrogens is 310 g/mol. The van der Waals surface area contributed by atoms with Gasteiger partial charge in [0.25, 0.3) is 0 Å². The molecule has 0 aliphatic carbocycles. The van der Waals surface area contributed by atoms with Crippen molar-refractivity contribution in [2.75, 3.05) is 5.88 Å². The summed E-state index contributed by atoms with van der Waals surface area (Å²) in [6.07, 6.45) is 1.81. The van der Waals surface area contributed by atoms with E-state index in [1.165, 1.54) is 5.56 Å². The summed E-state index contributed by atoms with van der Waals surface area (Å²) in [4.78, 5) is 12.9. The van der Waals surface area contributed by atoms with Crippen molar-refractivity contribution in [3.8, 4) is 0 Å². The fourth-order valence-electron chi connectivity index (χ4n) is 3.14. The Balaban J connectivity index is 2.35. The second-order valence-corrected chi connectivity index (χ2v) is 13.3. The minimum Gasteiger partial charge on any atom is -0.361 e. The molecule has 2 nitrogen and oxygen atoms in total. The zero-order valence-electron chi connectivity index (χ0n) is 14.4. The van der Waals surface area contributed by atoms with Gasteiger partial charge >= 0.3 is 0 Å². The number of amides is 1. The number of halogens is 1. The molecule has 22 heavy (non-hydrogen) atoms. The van der Waals surface area contributed by atoms with Gasteiger partial charge in [-0.3, -0.25) is 4.79 Å². The highest BCUT2D eigenvalue weighted by Gasteiger charge is 2.57. The van der Waals surface area contributed by atoms with Crippen molar-refractivity contribution in [2.24, 2.45) is 5.92 Å². The number of β-lactam (4-membered cyclic amide) rings is 1. The van der Waals surface area contributed by atoms with E-state index < -0.39 is 8.24 Å². The summed E-state index contributed by atoms with van der Waals surface area (Å²) in [5.74, 6) is 1.08. The zero-order valence-corrected chi connectivity index (χ0v) is 16.2. The number of nitrogens with zero attached hydrogens (tertiary/aromatic N) is 1. The molecule has 1 aliphatic heterocycles. The van der Waals surface area contributed by atoms with E-state index in [4.69, 9.17) is 11.6 Å². The smallest absolute Gasteiger partial charge is 0.220 e. The summed E-state index contributed by atoms with van der Waals surface area (Å²) >= 11 is 5.85. The van der Waals surface area contributed by atoms with Crippen LogP contribution in [0.1, 0.15) is 45.2 Å². The van der Waals surface area contributed by atoms with E-state index in [2.05, 4.69) is 62.7 Å². The van der Waals surface area contributed by atoms with Crippen LogP contribution in [0, 0.1) is 5.92 Å². The summed E-state index contributed by atoms with van der Waals surface area (Å²) < 4.78 is 2.24. The van der Waals surface area contributed by atoms with Gasteiger partial charge in [-0.1, -0.05) is 64.2 Å². The van der Waals surface area contributed by atoms with Crippen LogP contribution < -0.4 is 0 Å². The topological polar surface area (TPSA) is 20.3 Å². The molecule has 1 aliphatic rings. The Morgan fingerprint density at radius 2 is 1.77 bits per heavy atom. The molecule has 1 heterocycles. The fourth-order valence-corrected chi connectivity index (χ4v) is 5.76. The summed E-state index contributed by atoms with van der Waals surface area (Å²) in [5.41, 5.74) is 1.27. The van der Waals surface area contributed by atoms with Crippen LogP contribution in [0.4, 0.5) is 0 Å². The third kappa shape index (κ3) is 2.98. The molecule has 1 amide bonds. The van der Waals surface area contributed by atoms with Crippen molar-refractivity contribution >= 4 is 25.7 Å². The molecule has 2 rings (SSSR count). The standard InChI is InChI=1S/C18H28ClNOSi/c1-18(2,3)22(4,5)20-16(14-10-7-6-8-11-14)15(17(20)21)12-9-13-19/h6-8,10-11,15-16H,9,12-13H2,1-5H3/t15-,16-/m0/s1. The fraction of sp³-hybridized carbons (Fsp3) is 0.611. The highest BCUT2D eigenvalue weighted by atomic mass is 35.5. The zero-order chi connectivity index (χ0) is 16.5. The molecule has 4 heteroatoms. The minimum atomic E-state index is -1.86. The van der Waals surface area contributed by atoms with Gasteiger partial charge in [0.05, 0.1) is 12.0 Å². The lowest BCUT2D eigenvalue weighted by molar-refractivity contribution is -0.149. The first-order chi connectivity index (χ1) is 10.2. The SMILES string of the molecule is CC(C)(C)[Si](C)(C)N1C(=O)[C@@H](CCCCl)[C@@H]1c1ccccc1. The van der Waals surface area contributed by atoms with Crippen molar-refractivity contribution < 1.29 is 4.79 Å². The lowest BCUT2D eigenvalue weighted by Gasteiger charge is -2.58. The van der Waals surface area contributed by atoms with Crippen molar-refractivity contribution in [3.63, 3.8) is 0 Å². The Kier molecular flexibility index (Phi) is 5.08. The number of benzene rings is 1. The molecule has 0 N–H and O–H groups in total. The predicted octanol–water partition coefficient (Wildman–Crippen LogP) is 5.21. The second kappa shape index (κ2) is 6.36.